The first kappa shape index (κ1) is 19.8. The number of benzene rings is 1. The Morgan fingerprint density at radius 1 is 1.23 bits per heavy atom. The number of hydrogen-bond donors (Lipinski definition) is 1. The Morgan fingerprint density at radius 3 is 2.83 bits per heavy atom. The average Bonchev–Trinajstić information content (AvgIpc) is 3.55. The van der Waals surface area contributed by atoms with Crippen LogP contribution in [0.15, 0.2) is 18.2 Å². The third-order valence-electron chi connectivity index (χ3n) is 6.86. The molecule has 4 aliphatic rings. The zero-order valence-electron chi connectivity index (χ0n) is 17.7. The quantitative estimate of drug-likeness (QED) is 0.780. The smallest absolute Gasteiger partial charge is 0.239 e. The Hall–Kier alpha value is -2.12. The molecule has 2 amide bonds. The average molecular weight is 414 g/mol. The van der Waals surface area contributed by atoms with E-state index >= 15 is 0 Å². The van der Waals surface area contributed by atoms with Crippen molar-refractivity contribution in [3.05, 3.63) is 29.3 Å². The van der Waals surface area contributed by atoms with Crippen LogP contribution in [0.1, 0.15) is 30.4 Å². The number of likely N-dealkylation sites (tertiary alicyclic amines) is 1. The number of aryl methyl sites for hydroxylation is 1. The summed E-state index contributed by atoms with van der Waals surface area (Å²) < 4.78 is 11.8. The van der Waals surface area contributed by atoms with Crippen LogP contribution in [0.5, 0.6) is 5.75 Å². The number of nitrogens with one attached hydrogen (secondary N) is 1. The molecular formula is C23H31N3O4. The first-order valence-corrected chi connectivity index (χ1v) is 11.2. The second-order valence-corrected chi connectivity index (χ2v) is 9.32. The van der Waals surface area contributed by atoms with Crippen molar-refractivity contribution in [2.75, 3.05) is 46.4 Å². The van der Waals surface area contributed by atoms with E-state index in [1.165, 1.54) is 18.4 Å². The molecule has 1 N–H and O–H groups in total. The molecule has 0 aromatic heterocycles. The molecule has 1 aromatic carbocycles. The molecule has 7 heteroatoms. The summed E-state index contributed by atoms with van der Waals surface area (Å²) in [5.41, 5.74) is 1.93. The number of carbonyl (C=O) groups is 2. The number of rotatable bonds is 5. The van der Waals surface area contributed by atoms with Crippen molar-refractivity contribution >= 4 is 11.8 Å². The lowest BCUT2D eigenvalue weighted by molar-refractivity contribution is -0.204. The fourth-order valence-corrected chi connectivity index (χ4v) is 4.95. The maximum atomic E-state index is 12.8. The second kappa shape index (κ2) is 7.85. The topological polar surface area (TPSA) is 71.1 Å². The predicted molar refractivity (Wildman–Crippen MR) is 111 cm³/mol. The molecule has 3 aliphatic heterocycles. The molecule has 0 bridgehead atoms. The lowest BCUT2D eigenvalue weighted by atomic mass is 9.89. The van der Waals surface area contributed by atoms with Gasteiger partial charge < -0.3 is 19.7 Å². The van der Waals surface area contributed by atoms with E-state index in [1.807, 2.05) is 17.0 Å². The van der Waals surface area contributed by atoms with E-state index in [2.05, 4.69) is 16.3 Å². The zero-order valence-corrected chi connectivity index (χ0v) is 17.7. The van der Waals surface area contributed by atoms with Gasteiger partial charge in [0.15, 0.2) is 0 Å². The monoisotopic (exact) mass is 413 g/mol. The van der Waals surface area contributed by atoms with Crippen LogP contribution in [-0.2, 0) is 27.2 Å². The minimum absolute atomic E-state index is 0.0224. The summed E-state index contributed by atoms with van der Waals surface area (Å²) in [4.78, 5) is 29.3. The molecule has 7 nitrogen and oxygen atoms in total. The molecule has 5 rings (SSSR count). The molecule has 3 fully saturated rings. The van der Waals surface area contributed by atoms with Gasteiger partial charge in [-0.25, -0.2) is 0 Å². The molecule has 1 aliphatic carbocycles. The highest BCUT2D eigenvalue weighted by Crippen LogP contribution is 2.36. The van der Waals surface area contributed by atoms with Crippen LogP contribution in [0, 0.1) is 5.92 Å². The number of fused-ring (bicyclic) bond motifs is 1. The highest BCUT2D eigenvalue weighted by molar-refractivity contribution is 5.82. The molecule has 0 unspecified atom stereocenters. The minimum Gasteiger partial charge on any atom is -0.493 e. The summed E-state index contributed by atoms with van der Waals surface area (Å²) in [6.45, 7) is 4.08. The fourth-order valence-electron chi connectivity index (χ4n) is 4.95. The number of likely N-dealkylation sites (N-methyl/N-ethyl adjacent to an activating group) is 1. The number of ether oxygens (including phenoxy) is 2. The van der Waals surface area contributed by atoms with Gasteiger partial charge in [0.2, 0.25) is 11.8 Å². The van der Waals surface area contributed by atoms with Crippen molar-refractivity contribution in [3.63, 3.8) is 0 Å². The fraction of sp³-hybridized carbons (Fsp3) is 0.652. The number of nitrogens with zero attached hydrogens (tertiary/aromatic N) is 2. The normalized spacial score (nSPS) is 25.2. The predicted octanol–water partition coefficient (Wildman–Crippen LogP) is 0.992. The molecular weight excluding hydrogens is 382 g/mol. The van der Waals surface area contributed by atoms with E-state index in [1.54, 1.807) is 7.05 Å². The Kier molecular flexibility index (Phi) is 5.19. The van der Waals surface area contributed by atoms with Gasteiger partial charge in [-0.15, -0.1) is 0 Å². The summed E-state index contributed by atoms with van der Waals surface area (Å²) >= 11 is 0. The van der Waals surface area contributed by atoms with Gasteiger partial charge in [-0.2, -0.15) is 0 Å². The van der Waals surface area contributed by atoms with Crippen molar-refractivity contribution < 1.29 is 19.1 Å². The molecule has 2 saturated heterocycles. The summed E-state index contributed by atoms with van der Waals surface area (Å²) in [7, 11) is 1.68. The van der Waals surface area contributed by atoms with Crippen LogP contribution >= 0.6 is 0 Å². The van der Waals surface area contributed by atoms with Gasteiger partial charge in [0.1, 0.15) is 17.4 Å². The number of carbonyl (C=O) groups excluding carboxylic acids is 2. The van der Waals surface area contributed by atoms with Gasteiger partial charge in [-0.05, 0) is 48.8 Å². The van der Waals surface area contributed by atoms with Gasteiger partial charge in [-0.3, -0.25) is 14.5 Å². The van der Waals surface area contributed by atoms with Crippen LogP contribution < -0.4 is 10.1 Å². The van der Waals surface area contributed by atoms with Gasteiger partial charge >= 0.3 is 0 Å². The highest BCUT2D eigenvalue weighted by atomic mass is 16.5. The first-order valence-electron chi connectivity index (χ1n) is 11.2. The van der Waals surface area contributed by atoms with Crippen LogP contribution in [0.25, 0.3) is 0 Å². The van der Waals surface area contributed by atoms with E-state index in [0.29, 0.717) is 32.0 Å². The van der Waals surface area contributed by atoms with Crippen molar-refractivity contribution in [2.24, 2.45) is 5.92 Å². The summed E-state index contributed by atoms with van der Waals surface area (Å²) in [6, 6.07) is 5.89. The molecule has 3 heterocycles. The molecule has 0 radical (unpaired) electrons. The second-order valence-electron chi connectivity index (χ2n) is 9.32. The van der Waals surface area contributed by atoms with Crippen molar-refractivity contribution in [1.82, 2.24) is 15.1 Å². The Bertz CT molecular complexity index is 832. The highest BCUT2D eigenvalue weighted by Gasteiger charge is 2.52. The minimum atomic E-state index is -0.321. The summed E-state index contributed by atoms with van der Waals surface area (Å²) in [5, 5.41) is 2.76. The summed E-state index contributed by atoms with van der Waals surface area (Å²) in [5.74, 6) is 1.83. The van der Waals surface area contributed by atoms with Crippen LogP contribution in [0.3, 0.4) is 0 Å². The largest absolute Gasteiger partial charge is 0.493 e. The van der Waals surface area contributed by atoms with E-state index in [4.69, 9.17) is 9.47 Å². The van der Waals surface area contributed by atoms with E-state index in [0.717, 1.165) is 43.9 Å². The van der Waals surface area contributed by atoms with Gasteiger partial charge in [-0.1, -0.05) is 12.1 Å². The number of morpholine rings is 1. The molecule has 1 spiro atoms. The maximum Gasteiger partial charge on any atom is 0.239 e. The third kappa shape index (κ3) is 3.93. The Morgan fingerprint density at radius 2 is 2.07 bits per heavy atom. The first-order chi connectivity index (χ1) is 14.5. The van der Waals surface area contributed by atoms with Gasteiger partial charge in [0.05, 0.1) is 32.7 Å². The zero-order chi connectivity index (χ0) is 20.7. The van der Waals surface area contributed by atoms with E-state index in [9.17, 15) is 9.59 Å². The standard InChI is InChI=1S/C23H31N3O4/c1-24-22(28)19-12-30-23(13-25(19)11-16-4-5-16)14-26(15-23)21(27)10-17-6-7-20-18(9-17)3-2-8-29-20/h6-7,9,16,19H,2-5,8,10-15H2,1H3,(H,24,28)/t19-/m0/s1. The Labute approximate surface area is 177 Å². The van der Waals surface area contributed by atoms with Gasteiger partial charge in [0.25, 0.3) is 0 Å². The SMILES string of the molecule is CNC(=O)[C@@H]1COC2(CN(C(=O)Cc3ccc4c(c3)CCCO4)C2)CN1CC1CC1. The third-order valence-corrected chi connectivity index (χ3v) is 6.86. The Balaban J connectivity index is 1.18. The van der Waals surface area contributed by atoms with Crippen LogP contribution in [0.4, 0.5) is 0 Å². The summed E-state index contributed by atoms with van der Waals surface area (Å²) in [6.07, 6.45) is 4.96. The van der Waals surface area contributed by atoms with Crippen LogP contribution in [0.2, 0.25) is 0 Å². The van der Waals surface area contributed by atoms with E-state index < -0.39 is 0 Å². The maximum absolute atomic E-state index is 12.8. The number of hydrogen-bond acceptors (Lipinski definition) is 5. The molecule has 1 atom stereocenters. The molecule has 1 aromatic rings. The molecule has 162 valence electrons. The van der Waals surface area contributed by atoms with Crippen molar-refractivity contribution in [2.45, 2.75) is 43.7 Å². The molecule has 1 saturated carbocycles. The number of amides is 2. The van der Waals surface area contributed by atoms with E-state index in [-0.39, 0.29) is 23.5 Å². The van der Waals surface area contributed by atoms with Gasteiger partial charge in [0, 0.05) is 20.1 Å². The lowest BCUT2D eigenvalue weighted by Gasteiger charge is -2.55. The molecule has 30 heavy (non-hydrogen) atoms. The van der Waals surface area contributed by atoms with Crippen molar-refractivity contribution in [1.29, 1.82) is 0 Å². The lowest BCUT2D eigenvalue weighted by Crippen LogP contribution is -2.73. The van der Waals surface area contributed by atoms with Crippen molar-refractivity contribution in [3.8, 4) is 5.75 Å². The van der Waals surface area contributed by atoms with Crippen LogP contribution in [-0.4, -0.2) is 79.7 Å².